The number of nitrogens with zero attached hydrogens (tertiary/aromatic N) is 2. The molecule has 9 aromatic carbocycles. The van der Waals surface area contributed by atoms with Crippen LogP contribution >= 0.6 is 0 Å². The summed E-state index contributed by atoms with van der Waals surface area (Å²) < 4.78 is 2.47. The average Bonchev–Trinajstić information content (AvgIpc) is 3.74. The first-order valence-electron chi connectivity index (χ1n) is 23.3. The maximum Gasteiger partial charge on any atom is 0.0537 e. The molecule has 0 saturated carbocycles. The van der Waals surface area contributed by atoms with Gasteiger partial charge >= 0.3 is 0 Å². The zero-order valence-electron chi connectivity index (χ0n) is 36.8. The van der Waals surface area contributed by atoms with Crippen LogP contribution in [0.3, 0.4) is 0 Å². The standard InChI is InChI=1S/C64H48N2/c1-2-14-45(15-3-1)50-18-10-19-51(42-50)46-30-36-55(37-31-46)65(56-38-32-47(33-39-56)52-20-11-22-54(43-52)60-27-13-17-49-16-4-5-24-59(49)60)57-40-34-48(35-41-57)53-21-12-23-58(44-53)66-63-28-8-6-25-61(63)62-26-7-9-29-64(62)66/h1-2,4-8,10-14,16-28,30-44H,3,9,15,29H2. The molecule has 2 heteroatoms. The summed E-state index contributed by atoms with van der Waals surface area (Å²) in [6, 6.07) is 78.2. The molecule has 0 radical (unpaired) electrons. The van der Waals surface area contributed by atoms with Crippen LogP contribution < -0.4 is 4.90 Å². The summed E-state index contributed by atoms with van der Waals surface area (Å²) in [6.45, 7) is 0. The van der Waals surface area contributed by atoms with E-state index in [-0.39, 0.29) is 0 Å². The Balaban J connectivity index is 0.895. The smallest absolute Gasteiger partial charge is 0.0537 e. The second-order valence-corrected chi connectivity index (χ2v) is 17.5. The van der Waals surface area contributed by atoms with Gasteiger partial charge in [0.25, 0.3) is 0 Å². The second-order valence-electron chi connectivity index (χ2n) is 17.5. The zero-order chi connectivity index (χ0) is 43.8. The predicted octanol–water partition coefficient (Wildman–Crippen LogP) is 17.6. The summed E-state index contributed by atoms with van der Waals surface area (Å²) >= 11 is 0. The highest BCUT2D eigenvalue weighted by atomic mass is 15.1. The van der Waals surface area contributed by atoms with Gasteiger partial charge in [-0.15, -0.1) is 0 Å². The van der Waals surface area contributed by atoms with Gasteiger partial charge in [0.05, 0.1) is 5.52 Å². The Morgan fingerprint density at radius 1 is 0.394 bits per heavy atom. The van der Waals surface area contributed by atoms with Crippen LogP contribution in [0.2, 0.25) is 0 Å². The van der Waals surface area contributed by atoms with Gasteiger partial charge < -0.3 is 9.47 Å². The number of hydrogen-bond donors (Lipinski definition) is 0. The van der Waals surface area contributed by atoms with Crippen molar-refractivity contribution in [3.63, 3.8) is 0 Å². The fourth-order valence-corrected chi connectivity index (χ4v) is 10.2. The maximum absolute atomic E-state index is 2.47. The monoisotopic (exact) mass is 844 g/mol. The molecule has 2 nitrogen and oxygen atoms in total. The van der Waals surface area contributed by atoms with E-state index in [1.807, 2.05) is 0 Å². The maximum atomic E-state index is 2.47. The van der Waals surface area contributed by atoms with E-state index in [2.05, 4.69) is 252 Å². The minimum Gasteiger partial charge on any atom is -0.313 e. The Kier molecular flexibility index (Phi) is 10.2. The number of para-hydroxylation sites is 1. The first-order chi connectivity index (χ1) is 32.7. The largest absolute Gasteiger partial charge is 0.313 e. The van der Waals surface area contributed by atoms with Crippen molar-refractivity contribution in [1.82, 2.24) is 4.57 Å². The van der Waals surface area contributed by atoms with Gasteiger partial charge in [-0.25, -0.2) is 0 Å². The number of rotatable bonds is 9. The lowest BCUT2D eigenvalue weighted by Gasteiger charge is -2.26. The average molecular weight is 845 g/mol. The van der Waals surface area contributed by atoms with Crippen molar-refractivity contribution >= 4 is 50.4 Å². The molecule has 12 rings (SSSR count). The zero-order valence-corrected chi connectivity index (χ0v) is 36.8. The molecule has 66 heavy (non-hydrogen) atoms. The highest BCUT2D eigenvalue weighted by Gasteiger charge is 2.19. The molecule has 0 atom stereocenters. The minimum absolute atomic E-state index is 1.04. The third-order valence-electron chi connectivity index (χ3n) is 13.5. The number of fused-ring (bicyclic) bond motifs is 4. The van der Waals surface area contributed by atoms with Gasteiger partial charge in [-0.1, -0.05) is 176 Å². The van der Waals surface area contributed by atoms with Crippen LogP contribution in [0.5, 0.6) is 0 Å². The van der Waals surface area contributed by atoms with E-state index in [0.717, 1.165) is 42.7 Å². The highest BCUT2D eigenvalue weighted by molar-refractivity contribution is 5.97. The molecular weight excluding hydrogens is 797 g/mol. The third kappa shape index (κ3) is 7.37. The molecule has 0 N–H and O–H groups in total. The summed E-state index contributed by atoms with van der Waals surface area (Å²) in [5, 5.41) is 3.84. The molecular formula is C64H48N2. The summed E-state index contributed by atoms with van der Waals surface area (Å²) in [5.41, 5.74) is 20.9. The minimum atomic E-state index is 1.04. The van der Waals surface area contributed by atoms with Gasteiger partial charge in [-0.2, -0.15) is 0 Å². The SMILES string of the molecule is C1=CCCC(c2cccc(-c3ccc(N(c4ccc(-c5cccc(-c6cccc7ccccc67)c5)cc4)c4ccc(-c5cccc(-n6c7c(c8ccccc86)C=CCC7)c5)cc4)cc3)c2)=C1. The van der Waals surface area contributed by atoms with Gasteiger partial charge in [0, 0.05) is 39.4 Å². The van der Waals surface area contributed by atoms with E-state index in [1.165, 1.54) is 94.3 Å². The molecule has 10 aromatic rings. The van der Waals surface area contributed by atoms with E-state index >= 15 is 0 Å². The fourth-order valence-electron chi connectivity index (χ4n) is 10.2. The second kappa shape index (κ2) is 17.1. The van der Waals surface area contributed by atoms with Crippen molar-refractivity contribution in [2.24, 2.45) is 0 Å². The van der Waals surface area contributed by atoms with Crippen molar-refractivity contribution in [3.8, 4) is 50.2 Å². The number of anilines is 3. The van der Waals surface area contributed by atoms with E-state index in [0.29, 0.717) is 0 Å². The van der Waals surface area contributed by atoms with Crippen LogP contribution in [-0.4, -0.2) is 4.57 Å². The third-order valence-corrected chi connectivity index (χ3v) is 13.5. The van der Waals surface area contributed by atoms with Gasteiger partial charge in [0.15, 0.2) is 0 Å². The number of hydrogen-bond acceptors (Lipinski definition) is 1. The summed E-state index contributed by atoms with van der Waals surface area (Å²) in [7, 11) is 0. The Labute approximate surface area is 387 Å². The van der Waals surface area contributed by atoms with Crippen LogP contribution in [0, 0.1) is 0 Å². The highest BCUT2D eigenvalue weighted by Crippen LogP contribution is 2.40. The van der Waals surface area contributed by atoms with Crippen LogP contribution in [0.4, 0.5) is 17.1 Å². The molecule has 1 aromatic heterocycles. The van der Waals surface area contributed by atoms with E-state index in [9.17, 15) is 0 Å². The molecule has 0 unspecified atom stereocenters. The van der Waals surface area contributed by atoms with Crippen LogP contribution in [-0.2, 0) is 6.42 Å². The molecule has 0 saturated heterocycles. The lowest BCUT2D eigenvalue weighted by atomic mass is 9.94. The number of allylic oxidation sites excluding steroid dienone is 5. The van der Waals surface area contributed by atoms with Gasteiger partial charge in [-0.3, -0.25) is 0 Å². The molecule has 2 aliphatic carbocycles. The fraction of sp³-hybridized carbons (Fsp3) is 0.0625. The van der Waals surface area contributed by atoms with Gasteiger partial charge in [-0.05, 0) is 159 Å². The van der Waals surface area contributed by atoms with Gasteiger partial charge in [0.2, 0.25) is 0 Å². The number of aromatic nitrogens is 1. The van der Waals surface area contributed by atoms with Crippen LogP contribution in [0.15, 0.2) is 237 Å². The number of benzene rings is 9. The van der Waals surface area contributed by atoms with Crippen LogP contribution in [0.25, 0.3) is 83.5 Å². The van der Waals surface area contributed by atoms with Crippen molar-refractivity contribution in [1.29, 1.82) is 0 Å². The van der Waals surface area contributed by atoms with Crippen LogP contribution in [0.1, 0.15) is 36.1 Å². The van der Waals surface area contributed by atoms with Crippen molar-refractivity contribution < 1.29 is 0 Å². The molecule has 0 fully saturated rings. The lowest BCUT2D eigenvalue weighted by molar-refractivity contribution is 0.889. The molecule has 314 valence electrons. The molecule has 0 amide bonds. The first-order valence-corrected chi connectivity index (χ1v) is 23.3. The van der Waals surface area contributed by atoms with E-state index in [4.69, 9.17) is 0 Å². The van der Waals surface area contributed by atoms with Gasteiger partial charge in [0.1, 0.15) is 0 Å². The quantitative estimate of drug-likeness (QED) is 0.141. The van der Waals surface area contributed by atoms with E-state index in [1.54, 1.807) is 0 Å². The van der Waals surface area contributed by atoms with Crippen molar-refractivity contribution in [2.75, 3.05) is 4.90 Å². The van der Waals surface area contributed by atoms with Crippen molar-refractivity contribution in [2.45, 2.75) is 25.7 Å². The summed E-state index contributed by atoms with van der Waals surface area (Å²) in [5.74, 6) is 0. The predicted molar refractivity (Wildman–Crippen MR) is 281 cm³/mol. The normalized spacial score (nSPS) is 13.2. The molecule has 0 spiro atoms. The Morgan fingerprint density at radius 3 is 1.62 bits per heavy atom. The topological polar surface area (TPSA) is 8.17 Å². The summed E-state index contributed by atoms with van der Waals surface area (Å²) in [4.78, 5) is 2.38. The van der Waals surface area contributed by atoms with Crippen molar-refractivity contribution in [3.05, 3.63) is 253 Å². The van der Waals surface area contributed by atoms with E-state index < -0.39 is 0 Å². The molecule has 2 aliphatic rings. The molecule has 0 bridgehead atoms. The molecule has 0 aliphatic heterocycles. The lowest BCUT2D eigenvalue weighted by Crippen LogP contribution is -2.09. The Bertz CT molecular complexity index is 3500. The Morgan fingerprint density at radius 2 is 0.939 bits per heavy atom. The molecule has 1 heterocycles. The summed E-state index contributed by atoms with van der Waals surface area (Å²) in [6.07, 6.45) is 15.6. The first kappa shape index (κ1) is 39.4. The Hall–Kier alpha value is -8.20.